The van der Waals surface area contributed by atoms with Crippen LogP contribution in [0, 0.1) is 6.92 Å². The number of sulfonamides is 1. The van der Waals surface area contributed by atoms with Crippen molar-refractivity contribution in [3.05, 3.63) is 57.6 Å². The Morgan fingerprint density at radius 1 is 1.12 bits per heavy atom. The van der Waals surface area contributed by atoms with E-state index in [0.717, 1.165) is 5.56 Å². The van der Waals surface area contributed by atoms with Crippen molar-refractivity contribution in [3.8, 4) is 11.5 Å². The lowest BCUT2D eigenvalue weighted by atomic mass is 10.2. The second kappa shape index (κ2) is 9.55. The van der Waals surface area contributed by atoms with E-state index in [9.17, 15) is 12.8 Å². The summed E-state index contributed by atoms with van der Waals surface area (Å²) >= 11 is 12.1. The fourth-order valence-corrected chi connectivity index (χ4v) is 3.61. The summed E-state index contributed by atoms with van der Waals surface area (Å²) in [6.45, 7) is 1.39. The normalized spacial score (nSPS) is 11.5. The Balaban J connectivity index is 2.13. The Bertz CT molecular complexity index is 860. The standard InChI is InChI=1S/C18H20Cl2FNO3S/c1-13-10-16(6-7-17(13)20)25-18-11-15(19)5-4-14(18)12-22-26(23,24)9-3-2-8-21/h4-7,10-11,22H,2-3,8-9,12H2,1H3. The topological polar surface area (TPSA) is 55.4 Å². The number of hydrogen-bond donors (Lipinski definition) is 1. The first-order chi connectivity index (χ1) is 12.3. The highest BCUT2D eigenvalue weighted by atomic mass is 35.5. The molecule has 0 unspecified atom stereocenters. The van der Waals surface area contributed by atoms with Crippen molar-refractivity contribution >= 4 is 33.2 Å². The molecule has 1 N–H and O–H groups in total. The zero-order chi connectivity index (χ0) is 19.2. The summed E-state index contributed by atoms with van der Waals surface area (Å²) in [4.78, 5) is 0. The molecule has 2 aromatic carbocycles. The van der Waals surface area contributed by atoms with E-state index in [0.29, 0.717) is 27.1 Å². The quantitative estimate of drug-likeness (QED) is 0.563. The molecule has 4 nitrogen and oxygen atoms in total. The summed E-state index contributed by atoms with van der Waals surface area (Å²) in [5.74, 6) is 0.906. The molecule has 26 heavy (non-hydrogen) atoms. The molecule has 0 amide bonds. The number of nitrogens with one attached hydrogen (secondary N) is 1. The van der Waals surface area contributed by atoms with Gasteiger partial charge in [-0.1, -0.05) is 29.3 Å². The van der Waals surface area contributed by atoms with E-state index < -0.39 is 16.7 Å². The molecule has 0 saturated carbocycles. The highest BCUT2D eigenvalue weighted by molar-refractivity contribution is 7.89. The largest absolute Gasteiger partial charge is 0.457 e. The monoisotopic (exact) mass is 419 g/mol. The Kier molecular flexibility index (Phi) is 7.70. The first kappa shape index (κ1) is 21.0. The van der Waals surface area contributed by atoms with Gasteiger partial charge in [-0.05, 0) is 55.7 Å². The van der Waals surface area contributed by atoms with Gasteiger partial charge in [0.2, 0.25) is 10.0 Å². The summed E-state index contributed by atoms with van der Waals surface area (Å²) in [7, 11) is -3.49. The third-order valence-electron chi connectivity index (χ3n) is 3.67. The second-order valence-corrected chi connectivity index (χ2v) is 8.57. The van der Waals surface area contributed by atoms with Crippen molar-refractivity contribution < 1.29 is 17.5 Å². The average molecular weight is 420 g/mol. The van der Waals surface area contributed by atoms with Crippen molar-refractivity contribution in [3.63, 3.8) is 0 Å². The lowest BCUT2D eigenvalue weighted by molar-refractivity contribution is 0.467. The summed E-state index contributed by atoms with van der Waals surface area (Å²) in [6.07, 6.45) is 0.506. The van der Waals surface area contributed by atoms with Crippen molar-refractivity contribution in [2.45, 2.75) is 26.3 Å². The third kappa shape index (κ3) is 6.43. The smallest absolute Gasteiger partial charge is 0.211 e. The van der Waals surface area contributed by atoms with Crippen LogP contribution in [0.4, 0.5) is 4.39 Å². The van der Waals surface area contributed by atoms with Gasteiger partial charge in [0.05, 0.1) is 12.4 Å². The number of aryl methyl sites for hydroxylation is 1. The zero-order valence-electron chi connectivity index (χ0n) is 14.3. The van der Waals surface area contributed by atoms with Gasteiger partial charge < -0.3 is 4.74 Å². The number of hydrogen-bond acceptors (Lipinski definition) is 3. The maximum Gasteiger partial charge on any atom is 0.211 e. The third-order valence-corrected chi connectivity index (χ3v) is 5.74. The number of ether oxygens (including phenoxy) is 1. The van der Waals surface area contributed by atoms with Crippen LogP contribution in [0.3, 0.4) is 0 Å². The fourth-order valence-electron chi connectivity index (χ4n) is 2.22. The predicted molar refractivity (Wildman–Crippen MR) is 104 cm³/mol. The molecule has 8 heteroatoms. The molecule has 0 aliphatic heterocycles. The minimum absolute atomic E-state index is 0.0526. The van der Waals surface area contributed by atoms with E-state index in [4.69, 9.17) is 27.9 Å². The maximum absolute atomic E-state index is 12.1. The first-order valence-electron chi connectivity index (χ1n) is 8.06. The van der Waals surface area contributed by atoms with Crippen molar-refractivity contribution in [2.75, 3.05) is 12.4 Å². The highest BCUT2D eigenvalue weighted by Crippen LogP contribution is 2.30. The minimum Gasteiger partial charge on any atom is -0.457 e. The van der Waals surface area contributed by atoms with Crippen LogP contribution in [0.5, 0.6) is 11.5 Å². The van der Waals surface area contributed by atoms with Crippen LogP contribution >= 0.6 is 23.2 Å². The highest BCUT2D eigenvalue weighted by Gasteiger charge is 2.13. The van der Waals surface area contributed by atoms with Crippen molar-refractivity contribution in [1.29, 1.82) is 0 Å². The molecule has 0 fully saturated rings. The average Bonchev–Trinajstić information content (AvgIpc) is 2.58. The van der Waals surface area contributed by atoms with Gasteiger partial charge in [-0.15, -0.1) is 0 Å². The maximum atomic E-state index is 12.1. The molecule has 0 aliphatic rings. The van der Waals surface area contributed by atoms with Crippen molar-refractivity contribution in [2.24, 2.45) is 0 Å². The van der Waals surface area contributed by atoms with Gasteiger partial charge in [-0.25, -0.2) is 13.1 Å². The molecule has 0 heterocycles. The molecular weight excluding hydrogens is 400 g/mol. The van der Waals surface area contributed by atoms with Crippen LogP contribution in [0.15, 0.2) is 36.4 Å². The Labute approximate surface area is 163 Å². The lowest BCUT2D eigenvalue weighted by Crippen LogP contribution is -2.26. The lowest BCUT2D eigenvalue weighted by Gasteiger charge is -2.13. The summed E-state index contributed by atoms with van der Waals surface area (Å²) in [5, 5.41) is 1.10. The summed E-state index contributed by atoms with van der Waals surface area (Å²) < 4.78 is 44.5. The van der Waals surface area contributed by atoms with Crippen LogP contribution in [0.25, 0.3) is 0 Å². The number of benzene rings is 2. The van der Waals surface area contributed by atoms with Crippen LogP contribution in [0.2, 0.25) is 10.0 Å². The molecule has 0 saturated heterocycles. The number of alkyl halides is 1. The fraction of sp³-hybridized carbons (Fsp3) is 0.333. The molecule has 0 atom stereocenters. The van der Waals surface area contributed by atoms with E-state index >= 15 is 0 Å². The molecule has 0 spiro atoms. The van der Waals surface area contributed by atoms with Gasteiger partial charge in [-0.2, -0.15) is 0 Å². The predicted octanol–water partition coefficient (Wildman–Crippen LogP) is 5.26. The van der Waals surface area contributed by atoms with Gasteiger partial charge in [0.15, 0.2) is 0 Å². The molecule has 2 aromatic rings. The van der Waals surface area contributed by atoms with E-state index in [1.807, 2.05) is 6.92 Å². The van der Waals surface area contributed by atoms with Gasteiger partial charge >= 0.3 is 0 Å². The van der Waals surface area contributed by atoms with E-state index in [1.165, 1.54) is 0 Å². The molecule has 0 radical (unpaired) electrons. The SMILES string of the molecule is Cc1cc(Oc2cc(Cl)ccc2CNS(=O)(=O)CCCCF)ccc1Cl. The van der Waals surface area contributed by atoms with Crippen LogP contribution in [-0.2, 0) is 16.6 Å². The minimum atomic E-state index is -3.49. The molecule has 2 rings (SSSR count). The van der Waals surface area contributed by atoms with Crippen LogP contribution < -0.4 is 9.46 Å². The first-order valence-corrected chi connectivity index (χ1v) is 10.5. The molecule has 0 aliphatic carbocycles. The van der Waals surface area contributed by atoms with Gasteiger partial charge in [0.25, 0.3) is 0 Å². The summed E-state index contributed by atoms with van der Waals surface area (Å²) in [6, 6.07) is 10.2. The number of halogens is 3. The zero-order valence-corrected chi connectivity index (χ0v) is 16.6. The summed E-state index contributed by atoms with van der Waals surface area (Å²) in [5.41, 5.74) is 1.50. The molecule has 142 valence electrons. The van der Waals surface area contributed by atoms with E-state index in [-0.39, 0.29) is 25.1 Å². The number of rotatable bonds is 9. The van der Waals surface area contributed by atoms with Crippen LogP contribution in [0.1, 0.15) is 24.0 Å². The van der Waals surface area contributed by atoms with E-state index in [1.54, 1.807) is 36.4 Å². The van der Waals surface area contributed by atoms with E-state index in [2.05, 4.69) is 4.72 Å². The molecular formula is C18H20Cl2FNO3S. The molecule has 0 aromatic heterocycles. The molecule has 0 bridgehead atoms. The Morgan fingerprint density at radius 3 is 2.58 bits per heavy atom. The Morgan fingerprint density at radius 2 is 1.88 bits per heavy atom. The van der Waals surface area contributed by atoms with Crippen LogP contribution in [-0.4, -0.2) is 20.8 Å². The van der Waals surface area contributed by atoms with Gasteiger partial charge in [-0.3, -0.25) is 4.39 Å². The number of unbranched alkanes of at least 4 members (excludes halogenated alkanes) is 1. The second-order valence-electron chi connectivity index (χ2n) is 5.80. The Hall–Kier alpha value is -1.34. The van der Waals surface area contributed by atoms with Gasteiger partial charge in [0, 0.05) is 22.2 Å². The van der Waals surface area contributed by atoms with Crippen molar-refractivity contribution in [1.82, 2.24) is 4.72 Å². The van der Waals surface area contributed by atoms with Gasteiger partial charge in [0.1, 0.15) is 11.5 Å².